The lowest BCUT2D eigenvalue weighted by molar-refractivity contribution is 0.307. The van der Waals surface area contributed by atoms with Gasteiger partial charge in [0.05, 0.1) is 28.4 Å². The second-order valence-corrected chi connectivity index (χ2v) is 7.21. The highest BCUT2D eigenvalue weighted by molar-refractivity contribution is 6.62. The molecule has 1 rings (SSSR count). The van der Waals surface area contributed by atoms with E-state index in [1.807, 2.05) is 6.07 Å². The van der Waals surface area contributed by atoms with Crippen LogP contribution in [0.2, 0.25) is 13.1 Å². The van der Waals surface area contributed by atoms with Gasteiger partial charge in [-0.25, -0.2) is 0 Å². The van der Waals surface area contributed by atoms with Crippen LogP contribution < -0.4 is 24.1 Å². The Bertz CT molecular complexity index is 423. The van der Waals surface area contributed by atoms with Crippen molar-refractivity contribution < 1.29 is 23.1 Å². The number of hydrogen-bond acceptors (Lipinski definition) is 5. The highest BCUT2D eigenvalue weighted by Gasteiger charge is 2.21. The van der Waals surface area contributed by atoms with Crippen LogP contribution in [0, 0.1) is 0 Å². The van der Waals surface area contributed by atoms with Crippen LogP contribution in [0.1, 0.15) is 0 Å². The molecule has 0 heterocycles. The number of benzene rings is 1. The van der Waals surface area contributed by atoms with Crippen LogP contribution in [-0.2, 0) is 4.12 Å². The fourth-order valence-electron chi connectivity index (χ4n) is 1.57. The summed E-state index contributed by atoms with van der Waals surface area (Å²) in [6.07, 6.45) is 0. The van der Waals surface area contributed by atoms with Gasteiger partial charge in [-0.2, -0.15) is 13.1 Å². The van der Waals surface area contributed by atoms with Gasteiger partial charge in [-0.15, -0.1) is 9.04 Å². The highest BCUT2D eigenvalue weighted by Crippen LogP contribution is 2.42. The first kappa shape index (κ1) is 15.9. The molecule has 0 N–H and O–H groups in total. The Kier molecular flexibility index (Phi) is 6.19. The van der Waals surface area contributed by atoms with Crippen LogP contribution in [0.5, 0.6) is 23.0 Å². The smallest absolute Gasteiger partial charge is 0.226 e. The van der Waals surface area contributed by atoms with Crippen molar-refractivity contribution >= 4 is 24.0 Å². The predicted molar refractivity (Wildman–Crippen MR) is 76.6 cm³/mol. The first-order valence-corrected chi connectivity index (χ1v) is 9.00. The summed E-state index contributed by atoms with van der Waals surface area (Å²) in [7, 11) is 5.75. The van der Waals surface area contributed by atoms with Crippen LogP contribution in [0.3, 0.4) is 0 Å². The average Bonchev–Trinajstić information content (AvgIpc) is 2.42. The van der Waals surface area contributed by atoms with Gasteiger partial charge in [0, 0.05) is 5.19 Å². The molecule has 1 aromatic carbocycles. The maximum Gasteiger partial charge on any atom is 0.226 e. The fraction of sp³-hybridized carbons (Fsp3) is 0.500. The van der Waals surface area contributed by atoms with E-state index in [9.17, 15) is 0 Å². The quantitative estimate of drug-likeness (QED) is 0.709. The molecule has 0 unspecified atom stereocenters. The zero-order chi connectivity index (χ0) is 14.4. The summed E-state index contributed by atoms with van der Waals surface area (Å²) in [5, 5.41) is 0.906. The molecule has 0 spiro atoms. The molecular weight excluding hydrogens is 280 g/mol. The Labute approximate surface area is 118 Å². The summed E-state index contributed by atoms with van der Waals surface area (Å²) < 4.78 is 27.2. The zero-order valence-corrected chi connectivity index (χ0v) is 14.1. The summed E-state index contributed by atoms with van der Waals surface area (Å²) >= 11 is 0. The van der Waals surface area contributed by atoms with E-state index in [4.69, 9.17) is 23.1 Å². The summed E-state index contributed by atoms with van der Waals surface area (Å²) in [5.74, 6) is 2.28. The Morgan fingerprint density at radius 3 is 1.84 bits per heavy atom. The van der Waals surface area contributed by atoms with E-state index in [1.165, 1.54) is 0 Å². The Hall–Kier alpha value is -1.19. The third kappa shape index (κ3) is 3.65. The summed E-state index contributed by atoms with van der Waals surface area (Å²) in [6.45, 7) is 4.17. The normalized spacial score (nSPS) is 10.5. The van der Waals surface area contributed by atoms with Crippen LogP contribution in [0.25, 0.3) is 0 Å². The predicted octanol–water partition coefficient (Wildman–Crippen LogP) is 1.23. The van der Waals surface area contributed by atoms with E-state index < -0.39 is 9.04 Å². The maximum atomic E-state index is 5.74. The van der Waals surface area contributed by atoms with Gasteiger partial charge in [-0.1, -0.05) is 0 Å². The molecule has 0 aliphatic carbocycles. The van der Waals surface area contributed by atoms with Gasteiger partial charge in [-0.3, -0.25) is 0 Å². The molecule has 106 valence electrons. The fourth-order valence-corrected chi connectivity index (χ4v) is 3.32. The number of rotatable bonds is 7. The van der Waals surface area contributed by atoms with E-state index >= 15 is 0 Å². The van der Waals surface area contributed by atoms with E-state index in [0.29, 0.717) is 23.0 Å². The van der Waals surface area contributed by atoms with Crippen molar-refractivity contribution in [1.82, 2.24) is 0 Å². The lowest BCUT2D eigenvalue weighted by atomic mass is 10.2. The van der Waals surface area contributed by atoms with E-state index in [0.717, 1.165) is 5.19 Å². The molecule has 2 radical (unpaired) electrons. The van der Waals surface area contributed by atoms with Crippen LogP contribution in [0.15, 0.2) is 6.07 Å². The van der Waals surface area contributed by atoms with E-state index in [-0.39, 0.29) is 9.76 Å². The van der Waals surface area contributed by atoms with Crippen molar-refractivity contribution in [2.45, 2.75) is 13.1 Å². The number of methoxy groups -OCH3 is 4. The third-order valence-electron chi connectivity index (χ3n) is 2.35. The van der Waals surface area contributed by atoms with Gasteiger partial charge in [-0.05, 0) is 6.07 Å². The first-order valence-electron chi connectivity index (χ1n) is 5.69. The number of ether oxygens (including phenoxy) is 4. The maximum absolute atomic E-state index is 5.74. The summed E-state index contributed by atoms with van der Waals surface area (Å²) in [4.78, 5) is 0. The van der Waals surface area contributed by atoms with Crippen molar-refractivity contribution in [2.75, 3.05) is 28.4 Å². The van der Waals surface area contributed by atoms with Crippen molar-refractivity contribution in [3.63, 3.8) is 0 Å². The van der Waals surface area contributed by atoms with E-state index in [1.54, 1.807) is 28.4 Å². The monoisotopic (exact) mass is 299 g/mol. The van der Waals surface area contributed by atoms with Gasteiger partial charge in [0.2, 0.25) is 21.3 Å². The van der Waals surface area contributed by atoms with Crippen LogP contribution in [0.4, 0.5) is 0 Å². The van der Waals surface area contributed by atoms with Gasteiger partial charge in [0.15, 0.2) is 11.5 Å². The SMILES string of the molecule is COc1cc([Si]O[Si-](C)C)c(OC)c(OC)c1OC. The molecule has 0 aliphatic rings. The molecule has 19 heavy (non-hydrogen) atoms. The molecule has 0 fully saturated rings. The minimum Gasteiger partial charge on any atom is -0.625 e. The Morgan fingerprint density at radius 2 is 1.42 bits per heavy atom. The van der Waals surface area contributed by atoms with Crippen molar-refractivity contribution in [1.29, 1.82) is 0 Å². The molecule has 0 aromatic heterocycles. The lowest BCUT2D eigenvalue weighted by Crippen LogP contribution is -2.25. The standard InChI is InChI=1S/C12H19O5Si2/c1-13-8-7-9(18-17-19(5)6)11(15-3)12(16-4)10(8)14-2/h7H,1-6H3/q-1. The highest BCUT2D eigenvalue weighted by atomic mass is 28.3. The second-order valence-electron chi connectivity index (χ2n) is 3.84. The Balaban J connectivity index is 3.29. The molecule has 5 nitrogen and oxygen atoms in total. The molecule has 0 bridgehead atoms. The first-order chi connectivity index (χ1) is 9.08. The molecule has 0 aliphatic heterocycles. The second kappa shape index (κ2) is 7.41. The van der Waals surface area contributed by atoms with Crippen LogP contribution >= 0.6 is 0 Å². The number of hydrogen-bond donors (Lipinski definition) is 0. The molecule has 0 saturated heterocycles. The largest absolute Gasteiger partial charge is 0.625 e. The molecule has 1 aromatic rings. The lowest BCUT2D eigenvalue weighted by Gasteiger charge is -2.22. The van der Waals surface area contributed by atoms with E-state index in [2.05, 4.69) is 13.1 Å². The molecular formula is C12H19O5Si2-. The molecule has 0 atom stereocenters. The minimum absolute atomic E-state index is 0.192. The third-order valence-corrected chi connectivity index (χ3v) is 4.99. The summed E-state index contributed by atoms with van der Waals surface area (Å²) in [5.41, 5.74) is 0. The van der Waals surface area contributed by atoms with Crippen LogP contribution in [-0.4, -0.2) is 47.2 Å². The Morgan fingerprint density at radius 1 is 0.842 bits per heavy atom. The van der Waals surface area contributed by atoms with Gasteiger partial charge < -0.3 is 23.1 Å². The molecule has 0 amide bonds. The minimum atomic E-state index is -0.767. The average molecular weight is 299 g/mol. The van der Waals surface area contributed by atoms with Crippen molar-refractivity contribution in [3.05, 3.63) is 6.07 Å². The zero-order valence-electron chi connectivity index (χ0n) is 12.1. The van der Waals surface area contributed by atoms with Gasteiger partial charge in [0.1, 0.15) is 0 Å². The van der Waals surface area contributed by atoms with Crippen molar-refractivity contribution in [2.24, 2.45) is 0 Å². The topological polar surface area (TPSA) is 46.2 Å². The van der Waals surface area contributed by atoms with Gasteiger partial charge in [0.25, 0.3) is 0 Å². The van der Waals surface area contributed by atoms with Gasteiger partial charge >= 0.3 is 0 Å². The van der Waals surface area contributed by atoms with Crippen molar-refractivity contribution in [3.8, 4) is 23.0 Å². The molecule has 7 heteroatoms. The summed E-state index contributed by atoms with van der Waals surface area (Å²) in [6, 6.07) is 1.86. The molecule has 0 saturated carbocycles.